The molecule has 0 unspecified atom stereocenters. The zero-order valence-electron chi connectivity index (χ0n) is 15.7. The molecule has 1 aromatic heterocycles. The first-order valence-electron chi connectivity index (χ1n) is 8.92. The van der Waals surface area contributed by atoms with Crippen LogP contribution in [0.15, 0.2) is 53.1 Å². The summed E-state index contributed by atoms with van der Waals surface area (Å²) in [6.45, 7) is 4.27. The topological polar surface area (TPSA) is 77.2 Å². The number of aromatic nitrogens is 2. The lowest BCUT2D eigenvalue weighted by Crippen LogP contribution is -2.12. The van der Waals surface area contributed by atoms with Crippen molar-refractivity contribution in [2.24, 2.45) is 0 Å². The Labute approximate surface area is 158 Å². The Morgan fingerprint density at radius 3 is 2.59 bits per heavy atom. The number of rotatable bonds is 7. The number of carbonyl (C=O) groups is 1. The van der Waals surface area contributed by atoms with Crippen LogP contribution in [0.4, 0.5) is 5.69 Å². The van der Waals surface area contributed by atoms with Gasteiger partial charge in [0.1, 0.15) is 5.75 Å². The number of anilines is 1. The average molecular weight is 365 g/mol. The Morgan fingerprint density at radius 1 is 1.15 bits per heavy atom. The molecule has 27 heavy (non-hydrogen) atoms. The molecule has 0 bridgehead atoms. The lowest BCUT2D eigenvalue weighted by molar-refractivity contribution is -0.116. The molecule has 6 heteroatoms. The summed E-state index contributed by atoms with van der Waals surface area (Å²) in [6, 6.07) is 15.3. The third kappa shape index (κ3) is 4.73. The summed E-state index contributed by atoms with van der Waals surface area (Å²) < 4.78 is 10.6. The van der Waals surface area contributed by atoms with Crippen molar-refractivity contribution in [3.63, 3.8) is 0 Å². The highest BCUT2D eigenvalue weighted by Crippen LogP contribution is 2.27. The molecule has 0 aliphatic rings. The molecule has 1 heterocycles. The zero-order valence-corrected chi connectivity index (χ0v) is 15.7. The maximum atomic E-state index is 12.2. The van der Waals surface area contributed by atoms with E-state index in [4.69, 9.17) is 9.26 Å². The third-order valence-electron chi connectivity index (χ3n) is 4.24. The Morgan fingerprint density at radius 2 is 1.89 bits per heavy atom. The summed E-state index contributed by atoms with van der Waals surface area (Å²) in [7, 11) is 1.60. The van der Waals surface area contributed by atoms with Gasteiger partial charge >= 0.3 is 0 Å². The van der Waals surface area contributed by atoms with Crippen molar-refractivity contribution < 1.29 is 14.1 Å². The van der Waals surface area contributed by atoms with E-state index < -0.39 is 0 Å². The van der Waals surface area contributed by atoms with Gasteiger partial charge in [-0.05, 0) is 35.7 Å². The molecule has 2 aromatic carbocycles. The monoisotopic (exact) mass is 365 g/mol. The minimum atomic E-state index is -0.0932. The van der Waals surface area contributed by atoms with Gasteiger partial charge in [0, 0.05) is 18.5 Å². The smallest absolute Gasteiger partial charge is 0.227 e. The quantitative estimate of drug-likeness (QED) is 0.670. The second-order valence-electron chi connectivity index (χ2n) is 6.54. The molecular formula is C21H23N3O3. The fraction of sp³-hybridized carbons (Fsp3) is 0.286. The van der Waals surface area contributed by atoms with Crippen LogP contribution in [-0.4, -0.2) is 23.2 Å². The number of methoxy groups -OCH3 is 1. The number of benzene rings is 2. The highest BCUT2D eigenvalue weighted by atomic mass is 16.5. The molecule has 0 aliphatic carbocycles. The number of ether oxygens (including phenoxy) is 1. The van der Waals surface area contributed by atoms with E-state index in [0.717, 1.165) is 11.3 Å². The third-order valence-corrected chi connectivity index (χ3v) is 4.24. The van der Waals surface area contributed by atoms with Crippen LogP contribution in [0.3, 0.4) is 0 Å². The SMILES string of the molecule is COc1ccccc1-c1noc(CCC(=O)Nc2ccc(C(C)C)cc2)n1. The molecule has 0 saturated carbocycles. The molecule has 0 spiro atoms. The number of aryl methyl sites for hydroxylation is 1. The van der Waals surface area contributed by atoms with Gasteiger partial charge in [-0.3, -0.25) is 4.79 Å². The van der Waals surface area contributed by atoms with E-state index in [1.165, 1.54) is 5.56 Å². The molecule has 3 rings (SSSR count). The minimum absolute atomic E-state index is 0.0932. The molecule has 140 valence electrons. The molecule has 3 aromatic rings. The Bertz CT molecular complexity index is 901. The van der Waals surface area contributed by atoms with Crippen LogP contribution in [0.5, 0.6) is 5.75 Å². The molecule has 0 aliphatic heterocycles. The lowest BCUT2D eigenvalue weighted by atomic mass is 10.0. The Kier molecular flexibility index (Phi) is 5.86. The van der Waals surface area contributed by atoms with Gasteiger partial charge < -0.3 is 14.6 Å². The summed E-state index contributed by atoms with van der Waals surface area (Å²) >= 11 is 0. The van der Waals surface area contributed by atoms with Crippen molar-refractivity contribution in [1.82, 2.24) is 10.1 Å². The summed E-state index contributed by atoms with van der Waals surface area (Å²) in [5, 5.41) is 6.87. The van der Waals surface area contributed by atoms with Crippen molar-refractivity contribution in [2.45, 2.75) is 32.6 Å². The predicted molar refractivity (Wildman–Crippen MR) is 104 cm³/mol. The minimum Gasteiger partial charge on any atom is -0.496 e. The van der Waals surface area contributed by atoms with Crippen LogP contribution in [0.2, 0.25) is 0 Å². The summed E-state index contributed by atoms with van der Waals surface area (Å²) in [5.41, 5.74) is 2.78. The number of amides is 1. The molecule has 0 radical (unpaired) electrons. The second-order valence-corrected chi connectivity index (χ2v) is 6.54. The van der Waals surface area contributed by atoms with Crippen LogP contribution in [0.25, 0.3) is 11.4 Å². The summed E-state index contributed by atoms with van der Waals surface area (Å²) in [4.78, 5) is 16.5. The summed E-state index contributed by atoms with van der Waals surface area (Å²) in [5.74, 6) is 1.91. The van der Waals surface area contributed by atoms with Gasteiger partial charge in [-0.25, -0.2) is 0 Å². The van der Waals surface area contributed by atoms with Crippen LogP contribution in [0, 0.1) is 0 Å². The van der Waals surface area contributed by atoms with Gasteiger partial charge in [0.05, 0.1) is 12.7 Å². The zero-order chi connectivity index (χ0) is 19.2. The van der Waals surface area contributed by atoms with Crippen molar-refractivity contribution in [2.75, 3.05) is 12.4 Å². The number of carbonyl (C=O) groups excluding carboxylic acids is 1. The fourth-order valence-corrected chi connectivity index (χ4v) is 2.69. The first kappa shape index (κ1) is 18.6. The average Bonchev–Trinajstić information content (AvgIpc) is 3.15. The van der Waals surface area contributed by atoms with Gasteiger partial charge in [0.2, 0.25) is 17.6 Å². The van der Waals surface area contributed by atoms with E-state index in [2.05, 4.69) is 29.3 Å². The lowest BCUT2D eigenvalue weighted by Gasteiger charge is -2.08. The number of hydrogen-bond acceptors (Lipinski definition) is 5. The largest absolute Gasteiger partial charge is 0.496 e. The summed E-state index contributed by atoms with van der Waals surface area (Å²) in [6.07, 6.45) is 0.636. The van der Waals surface area contributed by atoms with Gasteiger partial charge in [0.25, 0.3) is 0 Å². The fourth-order valence-electron chi connectivity index (χ4n) is 2.69. The van der Waals surface area contributed by atoms with E-state index in [0.29, 0.717) is 29.8 Å². The normalized spacial score (nSPS) is 10.8. The maximum Gasteiger partial charge on any atom is 0.227 e. The van der Waals surface area contributed by atoms with Gasteiger partial charge in [0.15, 0.2) is 0 Å². The molecule has 1 N–H and O–H groups in total. The van der Waals surface area contributed by atoms with Crippen molar-refractivity contribution in [1.29, 1.82) is 0 Å². The first-order chi connectivity index (χ1) is 13.1. The molecule has 1 amide bonds. The number of nitrogens with zero attached hydrogens (tertiary/aromatic N) is 2. The van der Waals surface area contributed by atoms with E-state index in [-0.39, 0.29) is 12.3 Å². The van der Waals surface area contributed by atoms with Crippen LogP contribution in [0.1, 0.15) is 37.6 Å². The highest BCUT2D eigenvalue weighted by molar-refractivity contribution is 5.90. The molecular weight excluding hydrogens is 342 g/mol. The van der Waals surface area contributed by atoms with Gasteiger partial charge in [-0.1, -0.05) is 43.3 Å². The molecule has 6 nitrogen and oxygen atoms in total. The number of nitrogens with one attached hydrogen (secondary N) is 1. The van der Waals surface area contributed by atoms with Crippen molar-refractivity contribution >= 4 is 11.6 Å². The van der Waals surface area contributed by atoms with E-state index in [9.17, 15) is 4.79 Å². The van der Waals surface area contributed by atoms with Gasteiger partial charge in [-0.15, -0.1) is 0 Å². The van der Waals surface area contributed by atoms with E-state index in [1.807, 2.05) is 48.5 Å². The highest BCUT2D eigenvalue weighted by Gasteiger charge is 2.14. The van der Waals surface area contributed by atoms with Crippen molar-refractivity contribution in [3.05, 3.63) is 60.0 Å². The predicted octanol–water partition coefficient (Wildman–Crippen LogP) is 4.44. The molecule has 0 atom stereocenters. The van der Waals surface area contributed by atoms with Crippen LogP contribution in [-0.2, 0) is 11.2 Å². The Hall–Kier alpha value is -3.15. The van der Waals surface area contributed by atoms with E-state index in [1.54, 1.807) is 7.11 Å². The molecule has 0 saturated heterocycles. The number of para-hydroxylation sites is 1. The number of hydrogen-bond donors (Lipinski definition) is 1. The van der Waals surface area contributed by atoms with Crippen LogP contribution >= 0.6 is 0 Å². The second kappa shape index (κ2) is 8.49. The first-order valence-corrected chi connectivity index (χ1v) is 8.92. The van der Waals surface area contributed by atoms with Crippen molar-refractivity contribution in [3.8, 4) is 17.1 Å². The van der Waals surface area contributed by atoms with E-state index >= 15 is 0 Å². The Balaban J connectivity index is 1.57. The standard InChI is InChI=1S/C21H23N3O3/c1-14(2)15-8-10-16(11-9-15)22-19(25)12-13-20-23-21(24-27-20)17-6-4-5-7-18(17)26-3/h4-11,14H,12-13H2,1-3H3,(H,22,25). The van der Waals surface area contributed by atoms with Gasteiger partial charge in [-0.2, -0.15) is 4.98 Å². The molecule has 0 fully saturated rings. The van der Waals surface area contributed by atoms with Crippen LogP contribution < -0.4 is 10.1 Å². The maximum absolute atomic E-state index is 12.2.